The molecule has 1 atom stereocenters. The molecule has 0 unspecified atom stereocenters. The molecular formula is C23H22F6N4O2. The quantitative estimate of drug-likeness (QED) is 0.479. The van der Waals surface area contributed by atoms with Gasteiger partial charge in [0.15, 0.2) is 17.3 Å². The number of carbonyl (C=O) groups is 1. The summed E-state index contributed by atoms with van der Waals surface area (Å²) >= 11 is 0. The first kappa shape index (κ1) is 26.0. The predicted molar refractivity (Wildman–Crippen MR) is 118 cm³/mol. The van der Waals surface area contributed by atoms with E-state index in [1.807, 2.05) is 20.8 Å². The Morgan fingerprint density at radius 1 is 1.09 bits per heavy atom. The zero-order valence-corrected chi connectivity index (χ0v) is 19.1. The Hall–Kier alpha value is -3.57. The molecule has 1 amide bonds. The molecule has 0 spiro atoms. The minimum Gasteiger partial charge on any atom is -0.365 e. The van der Waals surface area contributed by atoms with E-state index < -0.39 is 64.2 Å². The molecule has 12 heteroatoms. The zero-order chi connectivity index (χ0) is 26.3. The summed E-state index contributed by atoms with van der Waals surface area (Å²) in [6.07, 6.45) is -4.61. The van der Waals surface area contributed by atoms with Crippen LogP contribution in [0.1, 0.15) is 44.5 Å². The van der Waals surface area contributed by atoms with Crippen LogP contribution in [0.15, 0.2) is 35.3 Å². The van der Waals surface area contributed by atoms with Crippen molar-refractivity contribution in [2.75, 3.05) is 5.32 Å². The Bertz CT molecular complexity index is 1320. The Kier molecular flexibility index (Phi) is 6.87. The number of amides is 1. The minimum absolute atomic E-state index is 0.210. The van der Waals surface area contributed by atoms with Crippen LogP contribution < -0.4 is 16.1 Å². The van der Waals surface area contributed by atoms with Crippen molar-refractivity contribution in [1.29, 1.82) is 0 Å². The predicted octanol–water partition coefficient (Wildman–Crippen LogP) is 5.08. The molecule has 1 aromatic carbocycles. The number of rotatable bonds is 5. The highest BCUT2D eigenvalue weighted by molar-refractivity contribution is 5.97. The second kappa shape index (κ2) is 9.23. The SMILES string of the molecule is CC[C@H](NC(=O)c1cn(-c2c(F)cc(F)cc2F)c2nc(NC(C)(C)C)ccc2c1=O)C(F)(F)F. The van der Waals surface area contributed by atoms with Gasteiger partial charge >= 0.3 is 6.18 Å². The Morgan fingerprint density at radius 2 is 1.69 bits per heavy atom. The van der Waals surface area contributed by atoms with Crippen LogP contribution in [-0.2, 0) is 0 Å². The lowest BCUT2D eigenvalue weighted by molar-refractivity contribution is -0.153. The standard InChI is InChI=1S/C23H22F6N4O2/c1-5-16(23(27,28)29)30-21(35)13-10-33(18-14(25)8-11(24)9-15(18)26)20-12(19(13)34)6-7-17(31-20)32-22(2,3)4/h6-10,16H,5H2,1-4H3,(H,30,35)(H,31,32)/t16-/m0/s1. The van der Waals surface area contributed by atoms with E-state index in [4.69, 9.17) is 0 Å². The van der Waals surface area contributed by atoms with Gasteiger partial charge in [0.05, 0.1) is 5.39 Å². The Balaban J connectivity index is 2.31. The molecule has 2 aromatic heterocycles. The highest BCUT2D eigenvalue weighted by Crippen LogP contribution is 2.26. The monoisotopic (exact) mass is 500 g/mol. The molecule has 3 rings (SSSR count). The maximum atomic E-state index is 14.7. The van der Waals surface area contributed by atoms with E-state index in [2.05, 4.69) is 10.3 Å². The summed E-state index contributed by atoms with van der Waals surface area (Å²) in [4.78, 5) is 29.9. The maximum Gasteiger partial charge on any atom is 0.408 e. The van der Waals surface area contributed by atoms with Gasteiger partial charge in [-0.1, -0.05) is 6.92 Å². The van der Waals surface area contributed by atoms with Crippen LogP contribution in [0.25, 0.3) is 16.7 Å². The van der Waals surface area contributed by atoms with Gasteiger partial charge < -0.3 is 10.6 Å². The van der Waals surface area contributed by atoms with Gasteiger partial charge in [0.2, 0.25) is 5.43 Å². The fourth-order valence-electron chi connectivity index (χ4n) is 3.41. The second-order valence-electron chi connectivity index (χ2n) is 8.88. The molecule has 0 saturated carbocycles. The lowest BCUT2D eigenvalue weighted by atomic mass is 10.1. The van der Waals surface area contributed by atoms with Crippen molar-refractivity contribution in [3.8, 4) is 5.69 Å². The molecule has 0 aliphatic heterocycles. The number of fused-ring (bicyclic) bond motifs is 1. The lowest BCUT2D eigenvalue weighted by Gasteiger charge is -2.22. The van der Waals surface area contributed by atoms with Crippen LogP contribution in [0.3, 0.4) is 0 Å². The third kappa shape index (κ3) is 5.57. The van der Waals surface area contributed by atoms with Gasteiger partial charge in [0, 0.05) is 23.9 Å². The summed E-state index contributed by atoms with van der Waals surface area (Å²) < 4.78 is 83.1. The third-order valence-electron chi connectivity index (χ3n) is 4.93. The van der Waals surface area contributed by atoms with Crippen molar-refractivity contribution in [3.05, 3.63) is 63.7 Å². The van der Waals surface area contributed by atoms with Gasteiger partial charge in [-0.3, -0.25) is 14.2 Å². The summed E-state index contributed by atoms with van der Waals surface area (Å²) in [7, 11) is 0. The molecule has 0 saturated heterocycles. The van der Waals surface area contributed by atoms with Crippen LogP contribution in [0, 0.1) is 17.5 Å². The van der Waals surface area contributed by atoms with Crippen LogP contribution in [0.4, 0.5) is 32.2 Å². The van der Waals surface area contributed by atoms with Crippen LogP contribution in [0.2, 0.25) is 0 Å². The molecule has 35 heavy (non-hydrogen) atoms. The van der Waals surface area contributed by atoms with E-state index in [0.29, 0.717) is 22.9 Å². The van der Waals surface area contributed by atoms with Gasteiger partial charge in [0.1, 0.15) is 28.9 Å². The number of hydrogen-bond donors (Lipinski definition) is 2. The summed E-state index contributed by atoms with van der Waals surface area (Å²) in [5, 5.41) is 4.46. The van der Waals surface area contributed by atoms with Crippen molar-refractivity contribution in [2.45, 2.75) is 51.9 Å². The van der Waals surface area contributed by atoms with Gasteiger partial charge in [-0.2, -0.15) is 13.2 Å². The average molecular weight is 500 g/mol. The van der Waals surface area contributed by atoms with Crippen LogP contribution >= 0.6 is 0 Å². The number of nitrogens with one attached hydrogen (secondary N) is 2. The molecule has 6 nitrogen and oxygen atoms in total. The number of nitrogens with zero attached hydrogens (tertiary/aromatic N) is 2. The van der Waals surface area contributed by atoms with E-state index in [9.17, 15) is 35.9 Å². The van der Waals surface area contributed by atoms with Gasteiger partial charge in [0.25, 0.3) is 5.91 Å². The van der Waals surface area contributed by atoms with E-state index in [-0.39, 0.29) is 16.9 Å². The number of aromatic nitrogens is 2. The van der Waals surface area contributed by atoms with E-state index in [0.717, 1.165) is 0 Å². The molecule has 188 valence electrons. The summed E-state index contributed by atoms with van der Waals surface area (Å²) in [5.74, 6) is -5.16. The summed E-state index contributed by atoms with van der Waals surface area (Å²) in [6, 6.07) is 1.12. The third-order valence-corrected chi connectivity index (χ3v) is 4.93. The number of benzene rings is 1. The zero-order valence-electron chi connectivity index (χ0n) is 19.1. The number of anilines is 1. The fraction of sp³-hybridized carbons (Fsp3) is 0.348. The van der Waals surface area contributed by atoms with Crippen molar-refractivity contribution in [1.82, 2.24) is 14.9 Å². The molecule has 2 N–H and O–H groups in total. The maximum absolute atomic E-state index is 14.7. The van der Waals surface area contributed by atoms with Crippen molar-refractivity contribution in [2.24, 2.45) is 0 Å². The Morgan fingerprint density at radius 3 is 2.20 bits per heavy atom. The minimum atomic E-state index is -4.79. The second-order valence-corrected chi connectivity index (χ2v) is 8.88. The van der Waals surface area contributed by atoms with Crippen molar-refractivity contribution >= 4 is 22.8 Å². The summed E-state index contributed by atoms with van der Waals surface area (Å²) in [5.41, 5.74) is -3.46. The molecule has 0 bridgehead atoms. The number of alkyl halides is 3. The molecule has 3 aromatic rings. The first-order chi connectivity index (χ1) is 16.1. The molecule has 0 aliphatic carbocycles. The average Bonchev–Trinajstić information content (AvgIpc) is 2.70. The number of carbonyl (C=O) groups excluding carboxylic acids is 1. The van der Waals surface area contributed by atoms with E-state index in [1.54, 1.807) is 5.32 Å². The Labute approximate surface area is 196 Å². The van der Waals surface area contributed by atoms with E-state index in [1.165, 1.54) is 19.1 Å². The molecule has 0 fully saturated rings. The number of pyridine rings is 2. The van der Waals surface area contributed by atoms with E-state index >= 15 is 0 Å². The van der Waals surface area contributed by atoms with Crippen LogP contribution in [0.5, 0.6) is 0 Å². The lowest BCUT2D eigenvalue weighted by Crippen LogP contribution is -2.46. The molecule has 0 radical (unpaired) electrons. The normalized spacial score (nSPS) is 13.1. The fourth-order valence-corrected chi connectivity index (χ4v) is 3.41. The molecule has 2 heterocycles. The smallest absolute Gasteiger partial charge is 0.365 e. The topological polar surface area (TPSA) is 76.0 Å². The first-order valence-electron chi connectivity index (χ1n) is 10.5. The van der Waals surface area contributed by atoms with Gasteiger partial charge in [-0.05, 0) is 39.3 Å². The van der Waals surface area contributed by atoms with Crippen molar-refractivity contribution < 1.29 is 31.1 Å². The van der Waals surface area contributed by atoms with Gasteiger partial charge in [-0.15, -0.1) is 0 Å². The highest BCUT2D eigenvalue weighted by atomic mass is 19.4. The number of hydrogen-bond acceptors (Lipinski definition) is 4. The van der Waals surface area contributed by atoms with Crippen LogP contribution in [-0.4, -0.2) is 33.2 Å². The molecule has 0 aliphatic rings. The largest absolute Gasteiger partial charge is 0.408 e. The van der Waals surface area contributed by atoms with Crippen molar-refractivity contribution in [3.63, 3.8) is 0 Å². The first-order valence-corrected chi connectivity index (χ1v) is 10.5. The number of halogens is 6. The molecular weight excluding hydrogens is 478 g/mol. The summed E-state index contributed by atoms with van der Waals surface area (Å²) in [6.45, 7) is 6.62. The van der Waals surface area contributed by atoms with Gasteiger partial charge in [-0.25, -0.2) is 18.2 Å². The highest BCUT2D eigenvalue weighted by Gasteiger charge is 2.39.